The van der Waals surface area contributed by atoms with Crippen molar-refractivity contribution in [3.8, 4) is 5.75 Å². The average Bonchev–Trinajstić information content (AvgIpc) is 2.63. The van der Waals surface area contributed by atoms with E-state index < -0.39 is 0 Å². The van der Waals surface area contributed by atoms with Crippen molar-refractivity contribution in [2.75, 3.05) is 6.61 Å². The van der Waals surface area contributed by atoms with Crippen molar-refractivity contribution in [3.05, 3.63) is 75.7 Å². The minimum atomic E-state index is -0.342. The zero-order chi connectivity index (χ0) is 17.6. The third kappa shape index (κ3) is 4.59. The van der Waals surface area contributed by atoms with Gasteiger partial charge < -0.3 is 4.74 Å². The number of benzene rings is 3. The molecule has 0 fully saturated rings. The first-order valence-electron chi connectivity index (χ1n) is 7.51. The van der Waals surface area contributed by atoms with E-state index >= 15 is 0 Å². The highest BCUT2D eigenvalue weighted by Crippen LogP contribution is 2.32. The molecule has 126 valence electrons. The van der Waals surface area contributed by atoms with E-state index in [2.05, 4.69) is 26.5 Å². The summed E-state index contributed by atoms with van der Waals surface area (Å²) in [7, 11) is 0. The highest BCUT2D eigenvalue weighted by Gasteiger charge is 2.08. The molecule has 0 aliphatic carbocycles. The van der Waals surface area contributed by atoms with E-state index in [1.54, 1.807) is 30.5 Å². The lowest BCUT2D eigenvalue weighted by Crippen LogP contribution is -2.24. The second-order valence-corrected chi connectivity index (χ2v) is 6.46. The van der Waals surface area contributed by atoms with E-state index in [-0.39, 0.29) is 12.5 Å². The second-order valence-electron chi connectivity index (χ2n) is 5.23. The summed E-state index contributed by atoms with van der Waals surface area (Å²) in [5.41, 5.74) is 3.27. The molecule has 3 aromatic rings. The van der Waals surface area contributed by atoms with Crippen LogP contribution in [0.15, 0.2) is 70.2 Å². The first-order chi connectivity index (χ1) is 12.1. The van der Waals surface area contributed by atoms with Crippen LogP contribution in [0, 0.1) is 0 Å². The first-order valence-corrected chi connectivity index (χ1v) is 8.68. The smallest absolute Gasteiger partial charge is 0.277 e. The number of carbonyl (C=O) groups is 1. The van der Waals surface area contributed by atoms with Crippen LogP contribution >= 0.6 is 27.5 Å². The fourth-order valence-electron chi connectivity index (χ4n) is 2.23. The van der Waals surface area contributed by atoms with E-state index in [9.17, 15) is 4.79 Å². The summed E-state index contributed by atoms with van der Waals surface area (Å²) in [5.74, 6) is 0.265. The molecular weight excluding hydrogens is 404 g/mol. The Morgan fingerprint density at radius 2 is 1.88 bits per heavy atom. The maximum Gasteiger partial charge on any atom is 0.277 e. The van der Waals surface area contributed by atoms with E-state index in [1.165, 1.54) is 0 Å². The number of hydrogen-bond donors (Lipinski definition) is 1. The predicted molar refractivity (Wildman–Crippen MR) is 104 cm³/mol. The van der Waals surface area contributed by atoms with Gasteiger partial charge in [-0.2, -0.15) is 5.10 Å². The lowest BCUT2D eigenvalue weighted by atomic mass is 10.1. The number of halogens is 2. The molecule has 0 saturated carbocycles. The van der Waals surface area contributed by atoms with E-state index in [0.717, 1.165) is 20.8 Å². The van der Waals surface area contributed by atoms with Crippen LogP contribution in [0.5, 0.6) is 5.75 Å². The molecule has 4 nitrogen and oxygen atoms in total. The predicted octanol–water partition coefficient (Wildman–Crippen LogP) is 4.78. The minimum Gasteiger partial charge on any atom is -0.483 e. The Hall–Kier alpha value is -2.37. The monoisotopic (exact) mass is 416 g/mol. The number of hydrogen-bond acceptors (Lipinski definition) is 3. The molecule has 3 rings (SSSR count). The lowest BCUT2D eigenvalue weighted by molar-refractivity contribution is -0.123. The summed E-state index contributed by atoms with van der Waals surface area (Å²) in [6.07, 6.45) is 1.54. The molecule has 0 aliphatic rings. The molecule has 0 spiro atoms. The van der Waals surface area contributed by atoms with Gasteiger partial charge in [0.25, 0.3) is 5.91 Å². The third-order valence-electron chi connectivity index (χ3n) is 3.46. The van der Waals surface area contributed by atoms with Gasteiger partial charge >= 0.3 is 0 Å². The van der Waals surface area contributed by atoms with E-state index in [0.29, 0.717) is 10.8 Å². The molecule has 25 heavy (non-hydrogen) atoms. The Kier molecular flexibility index (Phi) is 5.68. The van der Waals surface area contributed by atoms with Gasteiger partial charge in [-0.1, -0.05) is 54.1 Å². The topological polar surface area (TPSA) is 50.7 Å². The summed E-state index contributed by atoms with van der Waals surface area (Å²) in [6.45, 7) is -0.130. The Bertz CT molecular complexity index is 926. The van der Waals surface area contributed by atoms with Gasteiger partial charge in [-0.25, -0.2) is 5.43 Å². The maximum absolute atomic E-state index is 11.8. The fraction of sp³-hybridized carbons (Fsp3) is 0.0526. The number of nitrogens with one attached hydrogen (secondary N) is 1. The number of nitrogens with zero attached hydrogens (tertiary/aromatic N) is 1. The van der Waals surface area contributed by atoms with Gasteiger partial charge in [-0.15, -0.1) is 0 Å². The highest BCUT2D eigenvalue weighted by atomic mass is 79.9. The molecule has 3 aromatic carbocycles. The molecule has 0 saturated heterocycles. The zero-order valence-electron chi connectivity index (χ0n) is 13.1. The van der Waals surface area contributed by atoms with E-state index in [1.807, 2.05) is 36.4 Å². The number of rotatable bonds is 5. The Morgan fingerprint density at radius 3 is 2.68 bits per heavy atom. The van der Waals surface area contributed by atoms with Crippen molar-refractivity contribution >= 4 is 50.4 Å². The molecule has 0 heterocycles. The molecule has 6 heteroatoms. The summed E-state index contributed by atoms with van der Waals surface area (Å²) in [5, 5.41) is 6.67. The van der Waals surface area contributed by atoms with Crippen molar-refractivity contribution in [1.82, 2.24) is 5.43 Å². The Morgan fingerprint density at radius 1 is 1.12 bits per heavy atom. The average molecular weight is 418 g/mol. The highest BCUT2D eigenvalue weighted by molar-refractivity contribution is 9.10. The van der Waals surface area contributed by atoms with Gasteiger partial charge in [0.2, 0.25) is 0 Å². The van der Waals surface area contributed by atoms with Crippen LogP contribution in [0.2, 0.25) is 5.02 Å². The van der Waals surface area contributed by atoms with Gasteiger partial charge in [-0.3, -0.25) is 4.79 Å². The molecule has 0 aromatic heterocycles. The van der Waals surface area contributed by atoms with Crippen molar-refractivity contribution in [3.63, 3.8) is 0 Å². The van der Waals surface area contributed by atoms with Crippen LogP contribution in [-0.4, -0.2) is 18.7 Å². The zero-order valence-corrected chi connectivity index (χ0v) is 15.4. The standard InChI is InChI=1S/C19H14BrClN2O2/c20-19-16-4-2-1-3-14(16)7-10-17(19)25-12-18(24)23-22-11-13-5-8-15(21)9-6-13/h1-11H,12H2,(H,23,24). The third-order valence-corrected chi connectivity index (χ3v) is 4.53. The number of fused-ring (bicyclic) bond motifs is 1. The number of hydrazone groups is 1. The van der Waals surface area contributed by atoms with E-state index in [4.69, 9.17) is 16.3 Å². The molecule has 0 bridgehead atoms. The molecule has 0 atom stereocenters. The molecule has 0 radical (unpaired) electrons. The summed E-state index contributed by atoms with van der Waals surface area (Å²) < 4.78 is 6.40. The van der Waals surface area contributed by atoms with Gasteiger partial charge in [0, 0.05) is 5.02 Å². The molecule has 0 unspecified atom stereocenters. The number of carbonyl (C=O) groups excluding carboxylic acids is 1. The Balaban J connectivity index is 1.57. The normalized spacial score (nSPS) is 11.0. The van der Waals surface area contributed by atoms with Gasteiger partial charge in [0.1, 0.15) is 5.75 Å². The number of amides is 1. The quantitative estimate of drug-likeness (QED) is 0.479. The van der Waals surface area contributed by atoms with Crippen molar-refractivity contribution in [1.29, 1.82) is 0 Å². The van der Waals surface area contributed by atoms with Gasteiger partial charge in [0.15, 0.2) is 6.61 Å². The van der Waals surface area contributed by atoms with Crippen LogP contribution in [0.1, 0.15) is 5.56 Å². The number of ether oxygens (including phenoxy) is 1. The summed E-state index contributed by atoms with van der Waals surface area (Å²) in [6, 6.07) is 18.8. The molecule has 0 aliphatic heterocycles. The Labute approximate surface area is 158 Å². The molecule has 1 amide bonds. The van der Waals surface area contributed by atoms with Crippen LogP contribution in [0.25, 0.3) is 10.8 Å². The van der Waals surface area contributed by atoms with Crippen molar-refractivity contribution in [2.45, 2.75) is 0 Å². The van der Waals surface area contributed by atoms with Crippen LogP contribution in [0.4, 0.5) is 0 Å². The molecular formula is C19H14BrClN2O2. The van der Waals surface area contributed by atoms with Gasteiger partial charge in [-0.05, 0) is 50.5 Å². The first kappa shape index (κ1) is 17.5. The molecule has 1 N–H and O–H groups in total. The van der Waals surface area contributed by atoms with Gasteiger partial charge in [0.05, 0.1) is 10.7 Å². The lowest BCUT2D eigenvalue weighted by Gasteiger charge is -2.09. The van der Waals surface area contributed by atoms with Crippen molar-refractivity contribution < 1.29 is 9.53 Å². The van der Waals surface area contributed by atoms with Crippen LogP contribution in [-0.2, 0) is 4.79 Å². The second kappa shape index (κ2) is 8.14. The van der Waals surface area contributed by atoms with Crippen LogP contribution < -0.4 is 10.2 Å². The fourth-order valence-corrected chi connectivity index (χ4v) is 2.96. The van der Waals surface area contributed by atoms with Crippen molar-refractivity contribution in [2.24, 2.45) is 5.10 Å². The minimum absolute atomic E-state index is 0.130. The SMILES string of the molecule is O=C(COc1ccc2ccccc2c1Br)NN=Cc1ccc(Cl)cc1. The largest absolute Gasteiger partial charge is 0.483 e. The maximum atomic E-state index is 11.8. The summed E-state index contributed by atoms with van der Waals surface area (Å²) in [4.78, 5) is 11.8. The van der Waals surface area contributed by atoms with Crippen LogP contribution in [0.3, 0.4) is 0 Å². The summed E-state index contributed by atoms with van der Waals surface area (Å²) >= 11 is 9.33.